The van der Waals surface area contributed by atoms with Gasteiger partial charge in [-0.15, -0.1) is 0 Å². The van der Waals surface area contributed by atoms with Gasteiger partial charge in [-0.25, -0.2) is 14.1 Å². The van der Waals surface area contributed by atoms with Crippen LogP contribution in [0.3, 0.4) is 0 Å². The molecule has 2 atom stereocenters. The third-order valence-corrected chi connectivity index (χ3v) is 5.62. The fourth-order valence-electron chi connectivity index (χ4n) is 3.85. The molecule has 3 aromatic rings. The summed E-state index contributed by atoms with van der Waals surface area (Å²) in [5.41, 5.74) is 1.94. The minimum atomic E-state index is -0.228. The van der Waals surface area contributed by atoms with Crippen molar-refractivity contribution in [3.8, 4) is 11.4 Å². The fourth-order valence-corrected chi connectivity index (χ4v) is 3.85. The summed E-state index contributed by atoms with van der Waals surface area (Å²) in [5, 5.41) is 4.09. The van der Waals surface area contributed by atoms with E-state index in [0.717, 1.165) is 24.3 Å². The molecular weight excluding hydrogens is 397 g/mol. The molecule has 4 rings (SSSR count). The topological polar surface area (TPSA) is 63.5 Å². The minimum absolute atomic E-state index is 0.00229. The summed E-state index contributed by atoms with van der Waals surface area (Å²) in [6.45, 7) is 6.29. The number of amides is 1. The monoisotopic (exact) mass is 423 g/mol. The van der Waals surface area contributed by atoms with Crippen LogP contribution in [0.2, 0.25) is 0 Å². The maximum atomic E-state index is 13.1. The fraction of sp³-hybridized carbons (Fsp3) is 0.348. The SMILES string of the molecule is C[C@@H]1CN(C(=O)COc2ccc(-n3cncn3)cc2)[C@@H](C)CN1Cc1ccc(F)cc1. The third-order valence-electron chi connectivity index (χ3n) is 5.62. The zero-order valence-electron chi connectivity index (χ0n) is 17.7. The zero-order chi connectivity index (χ0) is 21.8. The first kappa shape index (κ1) is 21.0. The average molecular weight is 423 g/mol. The first-order valence-electron chi connectivity index (χ1n) is 10.4. The summed E-state index contributed by atoms with van der Waals surface area (Å²) in [6, 6.07) is 14.2. The molecule has 0 saturated carbocycles. The number of aromatic nitrogens is 3. The Morgan fingerprint density at radius 2 is 1.81 bits per heavy atom. The molecule has 0 N–H and O–H groups in total. The minimum Gasteiger partial charge on any atom is -0.484 e. The molecule has 7 nitrogen and oxygen atoms in total. The highest BCUT2D eigenvalue weighted by molar-refractivity contribution is 5.78. The molecule has 1 aliphatic rings. The van der Waals surface area contributed by atoms with Crippen LogP contribution in [0.5, 0.6) is 5.75 Å². The molecule has 0 unspecified atom stereocenters. The highest BCUT2D eigenvalue weighted by atomic mass is 19.1. The largest absolute Gasteiger partial charge is 0.484 e. The van der Waals surface area contributed by atoms with E-state index in [1.807, 2.05) is 48.2 Å². The second kappa shape index (κ2) is 9.26. The van der Waals surface area contributed by atoms with Crippen LogP contribution in [0, 0.1) is 5.82 Å². The van der Waals surface area contributed by atoms with E-state index in [-0.39, 0.29) is 30.4 Å². The highest BCUT2D eigenvalue weighted by Crippen LogP contribution is 2.20. The second-order valence-electron chi connectivity index (χ2n) is 7.92. The Morgan fingerprint density at radius 3 is 2.48 bits per heavy atom. The molecule has 1 fully saturated rings. The van der Waals surface area contributed by atoms with E-state index in [9.17, 15) is 9.18 Å². The van der Waals surface area contributed by atoms with Crippen LogP contribution in [-0.4, -0.2) is 62.3 Å². The van der Waals surface area contributed by atoms with Crippen molar-refractivity contribution in [1.29, 1.82) is 0 Å². The molecule has 0 bridgehead atoms. The van der Waals surface area contributed by atoms with Gasteiger partial charge in [0.1, 0.15) is 24.2 Å². The third kappa shape index (κ3) is 5.08. The maximum absolute atomic E-state index is 13.1. The molecule has 0 spiro atoms. The Labute approximate surface area is 181 Å². The van der Waals surface area contributed by atoms with Crippen molar-refractivity contribution in [2.45, 2.75) is 32.5 Å². The molecule has 1 amide bonds. The summed E-state index contributed by atoms with van der Waals surface area (Å²) in [5.74, 6) is 0.377. The number of nitrogens with zero attached hydrogens (tertiary/aromatic N) is 5. The molecule has 1 aromatic heterocycles. The Kier molecular flexibility index (Phi) is 6.27. The van der Waals surface area contributed by atoms with E-state index >= 15 is 0 Å². The number of rotatable bonds is 6. The average Bonchev–Trinajstić information content (AvgIpc) is 3.31. The van der Waals surface area contributed by atoms with Crippen molar-refractivity contribution in [2.75, 3.05) is 19.7 Å². The van der Waals surface area contributed by atoms with E-state index in [1.165, 1.54) is 18.5 Å². The molecule has 2 aromatic carbocycles. The molecule has 8 heteroatoms. The number of hydrogen-bond acceptors (Lipinski definition) is 5. The molecule has 162 valence electrons. The van der Waals surface area contributed by atoms with Gasteiger partial charge < -0.3 is 9.64 Å². The van der Waals surface area contributed by atoms with Crippen molar-refractivity contribution in [2.24, 2.45) is 0 Å². The number of hydrogen-bond donors (Lipinski definition) is 0. The molecule has 1 aliphatic heterocycles. The van der Waals surface area contributed by atoms with Gasteiger partial charge in [0.15, 0.2) is 6.61 Å². The van der Waals surface area contributed by atoms with Crippen LogP contribution < -0.4 is 4.74 Å². The lowest BCUT2D eigenvalue weighted by Crippen LogP contribution is -2.58. The Morgan fingerprint density at radius 1 is 1.06 bits per heavy atom. The summed E-state index contributed by atoms with van der Waals surface area (Å²) in [6.07, 6.45) is 3.10. The van der Waals surface area contributed by atoms with Gasteiger partial charge in [-0.2, -0.15) is 5.10 Å². The van der Waals surface area contributed by atoms with Crippen molar-refractivity contribution in [3.63, 3.8) is 0 Å². The van der Waals surface area contributed by atoms with Gasteiger partial charge >= 0.3 is 0 Å². The summed E-state index contributed by atoms with van der Waals surface area (Å²) >= 11 is 0. The van der Waals surface area contributed by atoms with Crippen molar-refractivity contribution in [1.82, 2.24) is 24.6 Å². The first-order valence-corrected chi connectivity index (χ1v) is 10.4. The lowest BCUT2D eigenvalue weighted by atomic mass is 10.1. The van der Waals surface area contributed by atoms with Crippen molar-refractivity contribution >= 4 is 5.91 Å². The Bertz CT molecular complexity index is 992. The summed E-state index contributed by atoms with van der Waals surface area (Å²) in [7, 11) is 0. The van der Waals surface area contributed by atoms with Crippen LogP contribution in [-0.2, 0) is 11.3 Å². The number of benzene rings is 2. The smallest absolute Gasteiger partial charge is 0.260 e. The summed E-state index contributed by atoms with van der Waals surface area (Å²) in [4.78, 5) is 20.9. The molecule has 0 aliphatic carbocycles. The van der Waals surface area contributed by atoms with Crippen LogP contribution in [0.15, 0.2) is 61.2 Å². The molecule has 2 heterocycles. The number of piperazine rings is 1. The van der Waals surface area contributed by atoms with Crippen molar-refractivity contribution < 1.29 is 13.9 Å². The zero-order valence-corrected chi connectivity index (χ0v) is 17.7. The first-order chi connectivity index (χ1) is 15.0. The van der Waals surface area contributed by atoms with Gasteiger partial charge in [-0.3, -0.25) is 9.69 Å². The van der Waals surface area contributed by atoms with Crippen LogP contribution in [0.4, 0.5) is 4.39 Å². The lowest BCUT2D eigenvalue weighted by molar-refractivity contribution is -0.139. The van der Waals surface area contributed by atoms with Gasteiger partial charge in [-0.1, -0.05) is 12.1 Å². The van der Waals surface area contributed by atoms with Gasteiger partial charge in [0.25, 0.3) is 5.91 Å². The number of carbonyl (C=O) groups is 1. The number of halogens is 1. The van der Waals surface area contributed by atoms with E-state index in [2.05, 4.69) is 21.9 Å². The number of ether oxygens (including phenoxy) is 1. The van der Waals surface area contributed by atoms with Crippen LogP contribution >= 0.6 is 0 Å². The van der Waals surface area contributed by atoms with E-state index in [4.69, 9.17) is 4.74 Å². The van der Waals surface area contributed by atoms with E-state index in [1.54, 1.807) is 11.0 Å². The quantitative estimate of drug-likeness (QED) is 0.610. The lowest BCUT2D eigenvalue weighted by Gasteiger charge is -2.44. The predicted octanol–water partition coefficient (Wildman–Crippen LogP) is 2.91. The predicted molar refractivity (Wildman–Crippen MR) is 114 cm³/mol. The highest BCUT2D eigenvalue weighted by Gasteiger charge is 2.32. The Balaban J connectivity index is 1.30. The van der Waals surface area contributed by atoms with Gasteiger partial charge in [0, 0.05) is 31.7 Å². The Hall–Kier alpha value is -3.26. The second-order valence-corrected chi connectivity index (χ2v) is 7.92. The van der Waals surface area contributed by atoms with Crippen LogP contribution in [0.25, 0.3) is 5.69 Å². The number of carbonyl (C=O) groups excluding carboxylic acids is 1. The molecule has 1 saturated heterocycles. The van der Waals surface area contributed by atoms with Gasteiger partial charge in [0.2, 0.25) is 0 Å². The molecule has 0 radical (unpaired) electrons. The van der Waals surface area contributed by atoms with Crippen LogP contribution in [0.1, 0.15) is 19.4 Å². The van der Waals surface area contributed by atoms with Gasteiger partial charge in [0.05, 0.1) is 5.69 Å². The maximum Gasteiger partial charge on any atom is 0.260 e. The van der Waals surface area contributed by atoms with E-state index in [0.29, 0.717) is 12.3 Å². The summed E-state index contributed by atoms with van der Waals surface area (Å²) < 4.78 is 20.5. The van der Waals surface area contributed by atoms with Gasteiger partial charge in [-0.05, 0) is 55.8 Å². The molecular formula is C23H26FN5O2. The molecule has 31 heavy (non-hydrogen) atoms. The normalized spacial score (nSPS) is 19.4. The van der Waals surface area contributed by atoms with Crippen molar-refractivity contribution in [3.05, 3.63) is 72.6 Å². The van der Waals surface area contributed by atoms with E-state index < -0.39 is 0 Å². The standard InChI is InChI=1S/C23H26FN5O2/c1-17-12-28(18(2)11-27(17)13-19-3-5-20(24)6-4-19)23(30)14-31-22-9-7-21(8-10-22)29-16-25-15-26-29/h3-10,15-18H,11-14H2,1-2H3/t17-,18+/m1/s1.